The van der Waals surface area contributed by atoms with Gasteiger partial charge < -0.3 is 10.7 Å². The molecule has 6 nitrogen and oxygen atoms in total. The fourth-order valence-electron chi connectivity index (χ4n) is 0.771. The number of aromatic amines is 1. The third kappa shape index (κ3) is 2.19. The predicted molar refractivity (Wildman–Crippen MR) is 49.7 cm³/mol. The summed E-state index contributed by atoms with van der Waals surface area (Å²) in [5.74, 6) is 0.281. The second-order valence-electron chi connectivity index (χ2n) is 2.65. The summed E-state index contributed by atoms with van der Waals surface area (Å²) in [6.07, 6.45) is 2.69. The highest BCUT2D eigenvalue weighted by Crippen LogP contribution is 2.09. The van der Waals surface area contributed by atoms with Gasteiger partial charge in [-0.1, -0.05) is 0 Å². The van der Waals surface area contributed by atoms with Crippen LogP contribution in [0.1, 0.15) is 5.69 Å². The van der Waals surface area contributed by atoms with Crippen LogP contribution >= 0.6 is 0 Å². The van der Waals surface area contributed by atoms with E-state index >= 15 is 0 Å². The molecule has 13 heavy (non-hydrogen) atoms. The van der Waals surface area contributed by atoms with Crippen LogP contribution in [-0.4, -0.2) is 31.7 Å². The van der Waals surface area contributed by atoms with Gasteiger partial charge in [0.2, 0.25) is 16.0 Å². The summed E-state index contributed by atoms with van der Waals surface area (Å²) in [6.45, 7) is 0.286. The number of H-pyrrole nitrogens is 1. The lowest BCUT2D eigenvalue weighted by Crippen LogP contribution is -2.25. The quantitative estimate of drug-likeness (QED) is 0.678. The SMILES string of the molecule is CN(c1nc(CN)c[nH]1)S(C)(=O)=O. The Kier molecular flexibility index (Phi) is 2.58. The smallest absolute Gasteiger partial charge is 0.234 e. The fourth-order valence-corrected chi connectivity index (χ4v) is 1.18. The molecule has 0 radical (unpaired) electrons. The lowest BCUT2D eigenvalue weighted by Gasteiger charge is -2.11. The number of aromatic nitrogens is 2. The number of sulfonamides is 1. The van der Waals surface area contributed by atoms with Crippen LogP contribution < -0.4 is 10.0 Å². The monoisotopic (exact) mass is 204 g/mol. The maximum absolute atomic E-state index is 11.1. The van der Waals surface area contributed by atoms with Crippen LogP contribution in [0.15, 0.2) is 6.20 Å². The molecule has 0 spiro atoms. The molecule has 0 aliphatic carbocycles. The topological polar surface area (TPSA) is 92.1 Å². The van der Waals surface area contributed by atoms with Gasteiger partial charge in [-0.05, 0) is 0 Å². The van der Waals surface area contributed by atoms with Crippen molar-refractivity contribution >= 4 is 16.0 Å². The molecule has 74 valence electrons. The molecule has 0 atom stereocenters. The molecule has 1 rings (SSSR count). The van der Waals surface area contributed by atoms with E-state index in [1.54, 1.807) is 6.20 Å². The summed E-state index contributed by atoms with van der Waals surface area (Å²) in [5.41, 5.74) is 5.95. The maximum atomic E-state index is 11.1. The number of imidazole rings is 1. The number of nitrogens with one attached hydrogen (secondary N) is 1. The first-order valence-electron chi connectivity index (χ1n) is 3.63. The van der Waals surface area contributed by atoms with Crippen molar-refractivity contribution in [3.63, 3.8) is 0 Å². The summed E-state index contributed by atoms with van der Waals surface area (Å²) < 4.78 is 23.2. The standard InChI is InChI=1S/C6H12N4O2S/c1-10(13(2,11)12)6-8-4-5(3-7)9-6/h4H,3,7H2,1-2H3,(H,8,9). The Hall–Kier alpha value is -1.08. The minimum Gasteiger partial charge on any atom is -0.330 e. The van der Waals surface area contributed by atoms with Gasteiger partial charge in [-0.15, -0.1) is 0 Å². The van der Waals surface area contributed by atoms with E-state index in [0.29, 0.717) is 5.69 Å². The highest BCUT2D eigenvalue weighted by Gasteiger charge is 2.14. The lowest BCUT2D eigenvalue weighted by atomic mass is 10.5. The Morgan fingerprint density at radius 3 is 2.69 bits per heavy atom. The lowest BCUT2D eigenvalue weighted by molar-refractivity contribution is 0.599. The molecule has 0 unspecified atom stereocenters. The van der Waals surface area contributed by atoms with E-state index in [1.165, 1.54) is 7.05 Å². The number of nitrogens with zero attached hydrogens (tertiary/aromatic N) is 2. The van der Waals surface area contributed by atoms with E-state index in [2.05, 4.69) is 9.97 Å². The molecule has 0 saturated carbocycles. The molecule has 3 N–H and O–H groups in total. The van der Waals surface area contributed by atoms with E-state index in [9.17, 15) is 8.42 Å². The Balaban J connectivity index is 2.96. The first-order valence-corrected chi connectivity index (χ1v) is 5.48. The van der Waals surface area contributed by atoms with Gasteiger partial charge in [-0.3, -0.25) is 0 Å². The maximum Gasteiger partial charge on any atom is 0.234 e. The van der Waals surface area contributed by atoms with Crippen molar-refractivity contribution in [3.8, 4) is 0 Å². The van der Waals surface area contributed by atoms with Crippen molar-refractivity contribution in [3.05, 3.63) is 11.9 Å². The predicted octanol–water partition coefficient (Wildman–Crippen LogP) is -0.736. The molecule has 7 heteroatoms. The van der Waals surface area contributed by atoms with Crippen LogP contribution in [0.5, 0.6) is 0 Å². The highest BCUT2D eigenvalue weighted by atomic mass is 32.2. The molecular weight excluding hydrogens is 192 g/mol. The van der Waals surface area contributed by atoms with E-state index in [4.69, 9.17) is 5.73 Å². The molecule has 1 aromatic rings. The molecule has 0 amide bonds. The highest BCUT2D eigenvalue weighted by molar-refractivity contribution is 7.92. The van der Waals surface area contributed by atoms with Crippen LogP contribution in [-0.2, 0) is 16.6 Å². The Morgan fingerprint density at radius 2 is 2.31 bits per heavy atom. The van der Waals surface area contributed by atoms with Gasteiger partial charge in [0.05, 0.1) is 11.9 Å². The average molecular weight is 204 g/mol. The molecule has 0 aliphatic heterocycles. The molecule has 1 heterocycles. The summed E-state index contributed by atoms with van der Waals surface area (Å²) in [7, 11) is -1.83. The largest absolute Gasteiger partial charge is 0.330 e. The molecule has 1 aromatic heterocycles. The van der Waals surface area contributed by atoms with Crippen LogP contribution in [0, 0.1) is 0 Å². The van der Waals surface area contributed by atoms with Gasteiger partial charge in [-0.2, -0.15) is 0 Å². The van der Waals surface area contributed by atoms with Crippen LogP contribution in [0.3, 0.4) is 0 Å². The van der Waals surface area contributed by atoms with Gasteiger partial charge in [0.15, 0.2) is 0 Å². The third-order valence-electron chi connectivity index (χ3n) is 1.62. The van der Waals surface area contributed by atoms with Gasteiger partial charge in [0, 0.05) is 19.8 Å². The number of hydrogen-bond donors (Lipinski definition) is 2. The fraction of sp³-hybridized carbons (Fsp3) is 0.500. The van der Waals surface area contributed by atoms with Crippen LogP contribution in [0.2, 0.25) is 0 Å². The second-order valence-corrected chi connectivity index (χ2v) is 4.66. The molecule has 0 bridgehead atoms. The Labute approximate surface area is 76.8 Å². The first-order chi connectivity index (χ1) is 5.95. The van der Waals surface area contributed by atoms with Crippen molar-refractivity contribution in [2.24, 2.45) is 5.73 Å². The first kappa shape index (κ1) is 10.0. The number of anilines is 1. The number of rotatable bonds is 3. The zero-order valence-electron chi connectivity index (χ0n) is 7.48. The van der Waals surface area contributed by atoms with Crippen molar-refractivity contribution in [2.75, 3.05) is 17.6 Å². The van der Waals surface area contributed by atoms with E-state index < -0.39 is 10.0 Å². The van der Waals surface area contributed by atoms with E-state index in [-0.39, 0.29) is 12.5 Å². The van der Waals surface area contributed by atoms with Gasteiger partial charge >= 0.3 is 0 Å². The second kappa shape index (κ2) is 3.35. The van der Waals surface area contributed by atoms with Crippen LogP contribution in [0.4, 0.5) is 5.95 Å². The minimum atomic E-state index is -3.25. The molecule has 0 aliphatic rings. The summed E-state index contributed by atoms with van der Waals surface area (Å²) in [6, 6.07) is 0. The van der Waals surface area contributed by atoms with E-state index in [0.717, 1.165) is 10.6 Å². The van der Waals surface area contributed by atoms with Gasteiger partial charge in [0.25, 0.3) is 0 Å². The molecule has 0 aromatic carbocycles. The van der Waals surface area contributed by atoms with Gasteiger partial charge in [0.1, 0.15) is 0 Å². The summed E-state index contributed by atoms with van der Waals surface area (Å²) >= 11 is 0. The van der Waals surface area contributed by atoms with Crippen LogP contribution in [0.25, 0.3) is 0 Å². The molecular formula is C6H12N4O2S. The summed E-state index contributed by atoms with van der Waals surface area (Å²) in [5, 5.41) is 0. The number of nitrogens with two attached hydrogens (primary N) is 1. The number of hydrogen-bond acceptors (Lipinski definition) is 4. The average Bonchev–Trinajstić information content (AvgIpc) is 2.48. The zero-order chi connectivity index (χ0) is 10.1. The van der Waals surface area contributed by atoms with E-state index in [1.807, 2.05) is 0 Å². The van der Waals surface area contributed by atoms with Crippen molar-refractivity contribution in [2.45, 2.75) is 6.54 Å². The Bertz CT molecular complexity index is 383. The van der Waals surface area contributed by atoms with Crippen molar-refractivity contribution in [1.82, 2.24) is 9.97 Å². The minimum absolute atomic E-state index is 0.281. The normalized spacial score (nSPS) is 11.6. The zero-order valence-corrected chi connectivity index (χ0v) is 8.30. The van der Waals surface area contributed by atoms with Crippen molar-refractivity contribution < 1.29 is 8.42 Å². The molecule has 0 saturated heterocycles. The van der Waals surface area contributed by atoms with Gasteiger partial charge in [-0.25, -0.2) is 17.7 Å². The molecule has 0 fully saturated rings. The Morgan fingerprint density at radius 1 is 1.69 bits per heavy atom. The van der Waals surface area contributed by atoms with Crippen molar-refractivity contribution in [1.29, 1.82) is 0 Å². The third-order valence-corrected chi connectivity index (χ3v) is 2.79. The summed E-state index contributed by atoms with van der Waals surface area (Å²) in [4.78, 5) is 6.68.